The van der Waals surface area contributed by atoms with Crippen molar-refractivity contribution >= 4 is 11.6 Å². The molecule has 3 nitrogen and oxygen atoms in total. The molecule has 90 valence electrons. The van der Waals surface area contributed by atoms with Crippen LogP contribution in [0.4, 0.5) is 4.39 Å². The smallest absolute Gasteiger partial charge is 0.144 e. The van der Waals surface area contributed by atoms with E-state index in [0.29, 0.717) is 16.4 Å². The largest absolute Gasteiger partial charge is 0.330 e. The topological polar surface area (TPSA) is 29.9 Å². The quantitative estimate of drug-likeness (QED) is 0.908. The van der Waals surface area contributed by atoms with E-state index in [1.165, 1.54) is 6.07 Å². The summed E-state index contributed by atoms with van der Waals surface area (Å²) in [5, 5.41) is 3.42. The maximum absolute atomic E-state index is 13.8. The maximum atomic E-state index is 13.8. The average molecular weight is 254 g/mol. The van der Waals surface area contributed by atoms with Gasteiger partial charge in [-0.15, -0.1) is 0 Å². The minimum absolute atomic E-state index is 0.352. The second-order valence-corrected chi connectivity index (χ2v) is 4.05. The Morgan fingerprint density at radius 3 is 3.00 bits per heavy atom. The van der Waals surface area contributed by atoms with E-state index in [4.69, 9.17) is 11.6 Å². The minimum atomic E-state index is -0.352. The minimum Gasteiger partial charge on any atom is -0.330 e. The molecule has 0 saturated carbocycles. The summed E-state index contributed by atoms with van der Waals surface area (Å²) in [5.74, 6) is 0.206. The molecule has 1 N–H and O–H groups in total. The Morgan fingerprint density at radius 1 is 1.47 bits per heavy atom. The third kappa shape index (κ3) is 2.48. The van der Waals surface area contributed by atoms with Gasteiger partial charge >= 0.3 is 0 Å². The van der Waals surface area contributed by atoms with Crippen molar-refractivity contribution in [3.05, 3.63) is 41.4 Å². The highest BCUT2D eigenvalue weighted by Crippen LogP contribution is 2.29. The Labute approximate surface area is 104 Å². The zero-order valence-corrected chi connectivity index (χ0v) is 10.2. The second-order valence-electron chi connectivity index (χ2n) is 3.64. The lowest BCUT2D eigenvalue weighted by Crippen LogP contribution is -2.15. The molecule has 0 spiro atoms. The van der Waals surface area contributed by atoms with E-state index in [1.54, 1.807) is 18.3 Å². The first-order valence-electron chi connectivity index (χ1n) is 5.34. The molecule has 0 saturated heterocycles. The molecule has 1 heterocycles. The van der Waals surface area contributed by atoms with Crippen LogP contribution in [0.15, 0.2) is 30.6 Å². The lowest BCUT2D eigenvalue weighted by Gasteiger charge is -2.09. The number of likely N-dealkylation sites (N-methyl/N-ethyl adjacent to an activating group) is 1. The van der Waals surface area contributed by atoms with Crippen molar-refractivity contribution in [2.75, 3.05) is 13.6 Å². The van der Waals surface area contributed by atoms with Gasteiger partial charge in [-0.3, -0.25) is 0 Å². The molecule has 0 radical (unpaired) electrons. The Morgan fingerprint density at radius 2 is 2.29 bits per heavy atom. The molecule has 0 atom stereocenters. The molecular formula is C12H13ClFN3. The second kappa shape index (κ2) is 5.29. The van der Waals surface area contributed by atoms with E-state index >= 15 is 0 Å². The van der Waals surface area contributed by atoms with E-state index in [1.807, 2.05) is 17.8 Å². The van der Waals surface area contributed by atoms with Crippen LogP contribution in [0, 0.1) is 5.82 Å². The normalized spacial score (nSPS) is 10.8. The van der Waals surface area contributed by atoms with Crippen LogP contribution >= 0.6 is 11.6 Å². The SMILES string of the molecule is CNCCn1ccnc1-c1c(F)cccc1Cl. The number of hydrogen-bond acceptors (Lipinski definition) is 2. The molecule has 0 aliphatic heterocycles. The number of nitrogens with zero attached hydrogens (tertiary/aromatic N) is 2. The zero-order valence-electron chi connectivity index (χ0n) is 9.45. The summed E-state index contributed by atoms with van der Waals surface area (Å²) in [6.45, 7) is 1.51. The van der Waals surface area contributed by atoms with E-state index in [-0.39, 0.29) is 5.82 Å². The van der Waals surface area contributed by atoms with Crippen molar-refractivity contribution < 1.29 is 4.39 Å². The van der Waals surface area contributed by atoms with Gasteiger partial charge in [0.15, 0.2) is 0 Å². The van der Waals surface area contributed by atoms with Crippen LogP contribution < -0.4 is 5.32 Å². The number of imidazole rings is 1. The van der Waals surface area contributed by atoms with Gasteiger partial charge in [0.2, 0.25) is 0 Å². The number of rotatable bonds is 4. The summed E-state index contributed by atoms with van der Waals surface area (Å²) < 4.78 is 15.6. The molecule has 17 heavy (non-hydrogen) atoms. The van der Waals surface area contributed by atoms with Crippen LogP contribution in [0.3, 0.4) is 0 Å². The zero-order chi connectivity index (χ0) is 12.3. The number of halogens is 2. The van der Waals surface area contributed by atoms with Gasteiger partial charge in [-0.2, -0.15) is 0 Å². The molecule has 2 rings (SSSR count). The maximum Gasteiger partial charge on any atom is 0.144 e. The summed E-state index contributed by atoms with van der Waals surface area (Å²) in [5.41, 5.74) is 0.357. The number of hydrogen-bond donors (Lipinski definition) is 1. The first-order chi connectivity index (χ1) is 8.24. The van der Waals surface area contributed by atoms with Crippen LogP contribution in [-0.2, 0) is 6.54 Å². The van der Waals surface area contributed by atoms with Crippen molar-refractivity contribution in [1.29, 1.82) is 0 Å². The predicted molar refractivity (Wildman–Crippen MR) is 66.6 cm³/mol. The van der Waals surface area contributed by atoms with Gasteiger partial charge in [0.1, 0.15) is 11.6 Å². The van der Waals surface area contributed by atoms with Gasteiger partial charge in [-0.05, 0) is 19.2 Å². The fraction of sp³-hybridized carbons (Fsp3) is 0.250. The van der Waals surface area contributed by atoms with Crippen LogP contribution in [0.25, 0.3) is 11.4 Å². The van der Waals surface area contributed by atoms with Crippen molar-refractivity contribution in [3.8, 4) is 11.4 Å². The summed E-state index contributed by atoms with van der Waals surface area (Å²) in [4.78, 5) is 4.17. The number of aromatic nitrogens is 2. The number of benzene rings is 1. The van der Waals surface area contributed by atoms with Crippen molar-refractivity contribution in [2.45, 2.75) is 6.54 Å². The van der Waals surface area contributed by atoms with E-state index in [9.17, 15) is 4.39 Å². The van der Waals surface area contributed by atoms with Crippen LogP contribution in [0.1, 0.15) is 0 Å². The molecule has 0 bridgehead atoms. The first kappa shape index (κ1) is 12.1. The predicted octanol–water partition coefficient (Wildman–Crippen LogP) is 2.56. The molecule has 1 aromatic heterocycles. The molecule has 0 fully saturated rings. The Balaban J connectivity index is 2.43. The van der Waals surface area contributed by atoms with Gasteiger partial charge < -0.3 is 9.88 Å². The van der Waals surface area contributed by atoms with Gasteiger partial charge in [0, 0.05) is 25.5 Å². The third-order valence-electron chi connectivity index (χ3n) is 2.50. The van der Waals surface area contributed by atoms with Gasteiger partial charge in [-0.25, -0.2) is 9.37 Å². The molecule has 2 aromatic rings. The fourth-order valence-electron chi connectivity index (χ4n) is 1.66. The van der Waals surface area contributed by atoms with E-state index in [0.717, 1.165) is 13.1 Å². The first-order valence-corrected chi connectivity index (χ1v) is 5.72. The summed E-state index contributed by atoms with van der Waals surface area (Å²) in [6, 6.07) is 4.64. The molecule has 0 unspecified atom stereocenters. The molecule has 0 aliphatic rings. The average Bonchev–Trinajstić information content (AvgIpc) is 2.74. The Kier molecular flexibility index (Phi) is 3.76. The molecule has 5 heteroatoms. The Hall–Kier alpha value is -1.39. The van der Waals surface area contributed by atoms with Gasteiger partial charge in [0.05, 0.1) is 10.6 Å². The highest BCUT2D eigenvalue weighted by Gasteiger charge is 2.14. The van der Waals surface area contributed by atoms with Crippen LogP contribution in [0.5, 0.6) is 0 Å². The van der Waals surface area contributed by atoms with Crippen LogP contribution in [0.2, 0.25) is 5.02 Å². The van der Waals surface area contributed by atoms with Crippen molar-refractivity contribution in [1.82, 2.24) is 14.9 Å². The molecule has 1 aromatic carbocycles. The summed E-state index contributed by atoms with van der Waals surface area (Å²) >= 11 is 6.02. The van der Waals surface area contributed by atoms with Crippen LogP contribution in [-0.4, -0.2) is 23.1 Å². The third-order valence-corrected chi connectivity index (χ3v) is 2.82. The lowest BCUT2D eigenvalue weighted by molar-refractivity contribution is 0.620. The van der Waals surface area contributed by atoms with Gasteiger partial charge in [0.25, 0.3) is 0 Å². The highest BCUT2D eigenvalue weighted by atomic mass is 35.5. The highest BCUT2D eigenvalue weighted by molar-refractivity contribution is 6.33. The molecular weight excluding hydrogens is 241 g/mol. The Bertz CT molecular complexity index is 490. The van der Waals surface area contributed by atoms with E-state index < -0.39 is 0 Å². The summed E-state index contributed by atoms with van der Waals surface area (Å²) in [7, 11) is 1.87. The van der Waals surface area contributed by atoms with Gasteiger partial charge in [-0.1, -0.05) is 17.7 Å². The molecule has 0 amide bonds. The fourth-order valence-corrected chi connectivity index (χ4v) is 1.91. The summed E-state index contributed by atoms with van der Waals surface area (Å²) in [6.07, 6.45) is 3.46. The number of nitrogens with one attached hydrogen (secondary N) is 1. The standard InChI is InChI=1S/C12H13ClFN3/c1-15-5-7-17-8-6-16-12(17)11-9(13)3-2-4-10(11)14/h2-4,6,8,15H,5,7H2,1H3. The van der Waals surface area contributed by atoms with Crippen molar-refractivity contribution in [2.24, 2.45) is 0 Å². The monoisotopic (exact) mass is 253 g/mol. The lowest BCUT2D eigenvalue weighted by atomic mass is 10.2. The van der Waals surface area contributed by atoms with E-state index in [2.05, 4.69) is 10.3 Å². The van der Waals surface area contributed by atoms with Crippen molar-refractivity contribution in [3.63, 3.8) is 0 Å². The molecule has 0 aliphatic carbocycles.